The summed E-state index contributed by atoms with van der Waals surface area (Å²) in [6.45, 7) is 13.5. The highest BCUT2D eigenvalue weighted by atomic mass is 28.4. The monoisotopic (exact) mass is 311 g/mol. The van der Waals surface area contributed by atoms with E-state index in [-0.39, 0.29) is 10.7 Å². The molecule has 0 fully saturated rings. The van der Waals surface area contributed by atoms with Gasteiger partial charge in [0.25, 0.3) is 5.69 Å². The number of aryl methyl sites for hydroxylation is 1. The Morgan fingerprint density at radius 2 is 1.86 bits per heavy atom. The standard InChI is InChI=1S/C15H25NO4Si/c1-12-7-8-13(11-14(12)16(17)18)19-9-10-20-21(5,6)15(2,3)4/h7-8,11H,9-10H2,1-6H3. The van der Waals surface area contributed by atoms with Gasteiger partial charge in [0.2, 0.25) is 0 Å². The molecule has 0 aliphatic heterocycles. The van der Waals surface area contributed by atoms with E-state index in [9.17, 15) is 10.1 Å². The molecule has 5 nitrogen and oxygen atoms in total. The van der Waals surface area contributed by atoms with Crippen LogP contribution in [0.4, 0.5) is 5.69 Å². The molecule has 0 bridgehead atoms. The first-order chi connectivity index (χ1) is 9.54. The van der Waals surface area contributed by atoms with Crippen LogP contribution in [0.15, 0.2) is 18.2 Å². The van der Waals surface area contributed by atoms with E-state index in [0.717, 1.165) is 0 Å². The van der Waals surface area contributed by atoms with Crippen LogP contribution < -0.4 is 4.74 Å². The molecule has 21 heavy (non-hydrogen) atoms. The summed E-state index contributed by atoms with van der Waals surface area (Å²) < 4.78 is 11.5. The Kier molecular flexibility index (Phi) is 5.52. The largest absolute Gasteiger partial charge is 0.491 e. The molecule has 0 aromatic heterocycles. The van der Waals surface area contributed by atoms with Crippen LogP contribution in [0, 0.1) is 17.0 Å². The van der Waals surface area contributed by atoms with Crippen molar-refractivity contribution in [1.29, 1.82) is 0 Å². The number of nitrogens with zero attached hydrogens (tertiary/aromatic N) is 1. The third-order valence-electron chi connectivity index (χ3n) is 4.00. The fourth-order valence-corrected chi connectivity index (χ4v) is 2.58. The van der Waals surface area contributed by atoms with Gasteiger partial charge in [-0.2, -0.15) is 0 Å². The summed E-state index contributed by atoms with van der Waals surface area (Å²) >= 11 is 0. The molecule has 0 heterocycles. The Balaban J connectivity index is 2.54. The quantitative estimate of drug-likeness (QED) is 0.340. The first-order valence-electron chi connectivity index (χ1n) is 7.06. The molecule has 0 amide bonds. The average molecular weight is 311 g/mol. The molecule has 0 saturated carbocycles. The molecule has 0 saturated heterocycles. The highest BCUT2D eigenvalue weighted by Crippen LogP contribution is 2.36. The van der Waals surface area contributed by atoms with Crippen molar-refractivity contribution in [2.24, 2.45) is 0 Å². The Morgan fingerprint density at radius 1 is 1.24 bits per heavy atom. The number of nitro benzene ring substituents is 1. The summed E-state index contributed by atoms with van der Waals surface area (Å²) in [6.07, 6.45) is 0. The predicted octanol–water partition coefficient (Wildman–Crippen LogP) is 4.30. The summed E-state index contributed by atoms with van der Waals surface area (Å²) in [4.78, 5) is 10.5. The number of nitro groups is 1. The van der Waals surface area contributed by atoms with Gasteiger partial charge in [0.15, 0.2) is 8.32 Å². The fraction of sp³-hybridized carbons (Fsp3) is 0.600. The summed E-state index contributed by atoms with van der Waals surface area (Å²) in [7, 11) is -1.77. The van der Waals surface area contributed by atoms with Crippen molar-refractivity contribution in [2.75, 3.05) is 13.2 Å². The van der Waals surface area contributed by atoms with Gasteiger partial charge in [-0.1, -0.05) is 20.8 Å². The molecule has 0 atom stereocenters. The first-order valence-corrected chi connectivity index (χ1v) is 9.97. The molecule has 1 aromatic carbocycles. The summed E-state index contributed by atoms with van der Waals surface area (Å²) in [5.74, 6) is 0.506. The van der Waals surface area contributed by atoms with E-state index in [2.05, 4.69) is 33.9 Å². The second-order valence-corrected chi connectivity index (χ2v) is 11.5. The zero-order chi connectivity index (χ0) is 16.3. The maximum absolute atomic E-state index is 10.9. The van der Waals surface area contributed by atoms with Gasteiger partial charge in [-0.15, -0.1) is 0 Å². The van der Waals surface area contributed by atoms with Gasteiger partial charge >= 0.3 is 0 Å². The van der Waals surface area contributed by atoms with Crippen molar-refractivity contribution in [1.82, 2.24) is 0 Å². The van der Waals surface area contributed by atoms with Crippen LogP contribution in [0.25, 0.3) is 0 Å². The maximum Gasteiger partial charge on any atom is 0.276 e. The van der Waals surface area contributed by atoms with E-state index in [1.807, 2.05) is 0 Å². The van der Waals surface area contributed by atoms with Gasteiger partial charge in [-0.05, 0) is 37.2 Å². The molecule has 0 unspecified atom stereocenters. The highest BCUT2D eigenvalue weighted by molar-refractivity contribution is 6.74. The van der Waals surface area contributed by atoms with Crippen molar-refractivity contribution >= 4 is 14.0 Å². The highest BCUT2D eigenvalue weighted by Gasteiger charge is 2.36. The van der Waals surface area contributed by atoms with Crippen molar-refractivity contribution < 1.29 is 14.1 Å². The summed E-state index contributed by atoms with van der Waals surface area (Å²) in [5.41, 5.74) is 0.711. The molecular weight excluding hydrogens is 286 g/mol. The third-order valence-corrected chi connectivity index (χ3v) is 8.54. The van der Waals surface area contributed by atoms with E-state index < -0.39 is 13.2 Å². The predicted molar refractivity (Wildman–Crippen MR) is 86.5 cm³/mol. The van der Waals surface area contributed by atoms with Crippen LogP contribution in [0.2, 0.25) is 18.1 Å². The summed E-state index contributed by atoms with van der Waals surface area (Å²) in [6, 6.07) is 4.90. The van der Waals surface area contributed by atoms with Gasteiger partial charge in [0, 0.05) is 5.56 Å². The molecule has 118 valence electrons. The Bertz CT molecular complexity index is 509. The van der Waals surface area contributed by atoms with Crippen LogP contribution in [0.5, 0.6) is 5.75 Å². The number of benzene rings is 1. The van der Waals surface area contributed by atoms with E-state index in [0.29, 0.717) is 24.5 Å². The third kappa shape index (κ3) is 4.82. The van der Waals surface area contributed by atoms with Gasteiger partial charge < -0.3 is 9.16 Å². The molecular formula is C15H25NO4Si. The number of hydrogen-bond acceptors (Lipinski definition) is 4. The van der Waals surface area contributed by atoms with Gasteiger partial charge in [-0.25, -0.2) is 0 Å². The molecule has 0 radical (unpaired) electrons. The smallest absolute Gasteiger partial charge is 0.276 e. The Hall–Kier alpha value is -1.40. The number of ether oxygens (including phenoxy) is 1. The number of hydrogen-bond donors (Lipinski definition) is 0. The van der Waals surface area contributed by atoms with E-state index in [1.165, 1.54) is 6.07 Å². The first kappa shape index (κ1) is 17.6. The minimum Gasteiger partial charge on any atom is -0.491 e. The lowest BCUT2D eigenvalue weighted by molar-refractivity contribution is -0.385. The molecule has 6 heteroatoms. The van der Waals surface area contributed by atoms with Crippen molar-refractivity contribution in [3.05, 3.63) is 33.9 Å². The second-order valence-electron chi connectivity index (χ2n) is 6.66. The van der Waals surface area contributed by atoms with Crippen molar-refractivity contribution in [2.45, 2.75) is 45.8 Å². The molecule has 1 aromatic rings. The van der Waals surface area contributed by atoms with Crippen molar-refractivity contribution in [3.63, 3.8) is 0 Å². The van der Waals surface area contributed by atoms with E-state index in [1.54, 1.807) is 19.1 Å². The van der Waals surface area contributed by atoms with Crippen molar-refractivity contribution in [3.8, 4) is 5.75 Å². The zero-order valence-corrected chi connectivity index (χ0v) is 14.7. The molecule has 0 N–H and O–H groups in total. The molecule has 0 aliphatic rings. The van der Waals surface area contributed by atoms with Gasteiger partial charge in [-0.3, -0.25) is 10.1 Å². The summed E-state index contributed by atoms with van der Waals surface area (Å²) in [5, 5.41) is 11.0. The average Bonchev–Trinajstić information content (AvgIpc) is 2.34. The Morgan fingerprint density at radius 3 is 2.38 bits per heavy atom. The molecule has 0 spiro atoms. The normalized spacial score (nSPS) is 12.3. The van der Waals surface area contributed by atoms with Crippen LogP contribution >= 0.6 is 0 Å². The van der Waals surface area contributed by atoms with Gasteiger partial charge in [0.05, 0.1) is 17.6 Å². The van der Waals surface area contributed by atoms with Crippen LogP contribution in [-0.4, -0.2) is 26.5 Å². The van der Waals surface area contributed by atoms with Crippen LogP contribution in [0.1, 0.15) is 26.3 Å². The minimum absolute atomic E-state index is 0.0813. The molecule has 1 rings (SSSR count). The lowest BCUT2D eigenvalue weighted by Gasteiger charge is -2.36. The number of rotatable bonds is 6. The topological polar surface area (TPSA) is 61.6 Å². The maximum atomic E-state index is 10.9. The second kappa shape index (κ2) is 6.57. The SMILES string of the molecule is Cc1ccc(OCCO[Si](C)(C)C(C)(C)C)cc1[N+](=O)[O-]. The van der Waals surface area contributed by atoms with E-state index >= 15 is 0 Å². The van der Waals surface area contributed by atoms with Gasteiger partial charge in [0.1, 0.15) is 12.4 Å². The minimum atomic E-state index is -1.77. The fourth-order valence-electron chi connectivity index (χ4n) is 1.55. The van der Waals surface area contributed by atoms with Crippen LogP contribution in [0.3, 0.4) is 0 Å². The lowest BCUT2D eigenvalue weighted by Crippen LogP contribution is -2.41. The Labute approximate surface area is 127 Å². The zero-order valence-electron chi connectivity index (χ0n) is 13.7. The van der Waals surface area contributed by atoms with Crippen LogP contribution in [-0.2, 0) is 4.43 Å². The van der Waals surface area contributed by atoms with E-state index in [4.69, 9.17) is 9.16 Å². The lowest BCUT2D eigenvalue weighted by atomic mass is 10.2. The molecule has 0 aliphatic carbocycles.